The Hall–Kier alpha value is -3.39. The van der Waals surface area contributed by atoms with Crippen LogP contribution in [0.5, 0.6) is 11.5 Å². The predicted molar refractivity (Wildman–Crippen MR) is 140 cm³/mol. The largest absolute Gasteiger partial charge is 2.00 e. The van der Waals surface area contributed by atoms with Crippen LogP contribution in [0.15, 0.2) is 51.5 Å². The molecule has 1 radical (unpaired) electrons. The zero-order valence-corrected chi connectivity index (χ0v) is 24.2. The van der Waals surface area contributed by atoms with E-state index in [0.717, 1.165) is 5.56 Å². The van der Waals surface area contributed by atoms with Crippen molar-refractivity contribution in [3.05, 3.63) is 57.9 Å². The first-order valence-electron chi connectivity index (χ1n) is 11.4. The second-order valence-electron chi connectivity index (χ2n) is 10.3. The smallest absolute Gasteiger partial charge is 0.571 e. The van der Waals surface area contributed by atoms with Crippen LogP contribution in [-0.4, -0.2) is 27.7 Å². The number of azo groups is 1. The topological polar surface area (TPSA) is 142 Å². The Balaban J connectivity index is 0.00000507. The number of sulfonamides is 1. The summed E-state index contributed by atoms with van der Waals surface area (Å²) in [5.74, 6) is 0.516. The van der Waals surface area contributed by atoms with E-state index in [1.807, 2.05) is 41.5 Å². The summed E-state index contributed by atoms with van der Waals surface area (Å²) in [5.41, 5.74) is 1.21. The van der Waals surface area contributed by atoms with E-state index in [1.54, 1.807) is 24.3 Å². The Morgan fingerprint density at radius 3 is 2.21 bits per heavy atom. The summed E-state index contributed by atoms with van der Waals surface area (Å²) in [6.45, 7) is 11.8. The van der Waals surface area contributed by atoms with Gasteiger partial charge in [-0.15, -0.1) is 5.69 Å². The fourth-order valence-electron chi connectivity index (χ4n) is 3.41. The van der Waals surface area contributed by atoms with Crippen LogP contribution < -0.4 is 14.6 Å². The van der Waals surface area contributed by atoms with E-state index in [4.69, 9.17) is 9.47 Å². The van der Waals surface area contributed by atoms with Gasteiger partial charge in [0.05, 0.1) is 30.4 Å². The molecule has 0 aliphatic heterocycles. The molecule has 1 aromatic heterocycles. The molecule has 0 saturated carbocycles. The van der Waals surface area contributed by atoms with E-state index in [-0.39, 0.29) is 55.9 Å². The van der Waals surface area contributed by atoms with Gasteiger partial charge < -0.3 is 24.4 Å². The molecule has 3 aromatic rings. The summed E-state index contributed by atoms with van der Waals surface area (Å²) in [5, 5.41) is 26.2. The van der Waals surface area contributed by atoms with Crippen molar-refractivity contribution in [3.63, 3.8) is 0 Å². The third-order valence-corrected chi connectivity index (χ3v) is 6.80. The molecule has 0 atom stereocenters. The third kappa shape index (κ3) is 6.72. The summed E-state index contributed by atoms with van der Waals surface area (Å²) >= 11 is 0. The fourth-order valence-corrected chi connectivity index (χ4v) is 4.60. The van der Waals surface area contributed by atoms with Gasteiger partial charge in [-0.25, -0.2) is 8.42 Å². The summed E-state index contributed by atoms with van der Waals surface area (Å²) in [4.78, 5) is -0.152. The van der Waals surface area contributed by atoms with Crippen LogP contribution in [-0.2, 0) is 37.9 Å². The molecule has 10 nitrogen and oxygen atoms in total. The molecule has 0 aliphatic rings. The zero-order valence-electron chi connectivity index (χ0n) is 22.5. The van der Waals surface area contributed by atoms with Crippen LogP contribution >= 0.6 is 0 Å². The average Bonchev–Trinajstić information content (AvgIpc) is 3.25. The molecule has 0 bridgehead atoms. The summed E-state index contributed by atoms with van der Waals surface area (Å²) in [6.07, 6.45) is 0. The number of nitrogens with zero attached hydrogens (tertiary/aromatic N) is 6. The van der Waals surface area contributed by atoms with Gasteiger partial charge in [-0.2, -0.15) is 5.26 Å². The van der Waals surface area contributed by atoms with Crippen LogP contribution in [0.25, 0.3) is 4.72 Å². The van der Waals surface area contributed by atoms with Gasteiger partial charge in [0.15, 0.2) is 0 Å². The first-order valence-corrected chi connectivity index (χ1v) is 12.9. The van der Waals surface area contributed by atoms with Crippen LogP contribution in [0.3, 0.4) is 0 Å². The van der Waals surface area contributed by atoms with E-state index in [9.17, 15) is 13.7 Å². The number of hydrogen-bond acceptors (Lipinski definition) is 8. The van der Waals surface area contributed by atoms with Crippen molar-refractivity contribution in [1.82, 2.24) is 10.2 Å². The molecule has 0 unspecified atom stereocenters. The van der Waals surface area contributed by atoms with Gasteiger partial charge in [0.1, 0.15) is 27.6 Å². The molecule has 2 aromatic carbocycles. The van der Waals surface area contributed by atoms with Gasteiger partial charge >= 0.3 is 17.1 Å². The van der Waals surface area contributed by atoms with E-state index in [1.165, 1.54) is 26.4 Å². The number of aromatic nitrogens is 2. The molecule has 0 saturated heterocycles. The van der Waals surface area contributed by atoms with Crippen LogP contribution in [0.4, 0.5) is 17.2 Å². The van der Waals surface area contributed by atoms with Crippen molar-refractivity contribution in [1.29, 1.82) is 5.26 Å². The average molecular weight is 586 g/mol. The molecule has 0 aliphatic carbocycles. The SMILES string of the molecule is COc1ccc(OC)c(S(=O)(=O)[N-]c2ccc(C(C)(C)C)cc2N=Nc2[n-]nc(C(C)(C)C)c2C#N)c1.[Cu+2]. The molecule has 38 heavy (non-hydrogen) atoms. The second kappa shape index (κ2) is 11.6. The van der Waals surface area contributed by atoms with Gasteiger partial charge in [0.2, 0.25) is 0 Å². The van der Waals surface area contributed by atoms with Crippen molar-refractivity contribution >= 4 is 27.2 Å². The van der Waals surface area contributed by atoms with E-state index in [0.29, 0.717) is 11.4 Å². The molecule has 205 valence electrons. The Labute approximate surface area is 234 Å². The number of methoxy groups -OCH3 is 2. The Morgan fingerprint density at radius 2 is 1.66 bits per heavy atom. The summed E-state index contributed by atoms with van der Waals surface area (Å²) in [7, 11) is -1.42. The number of benzene rings is 2. The standard InChI is InChI=1S/C26H30N6O4S.Cu/c1-25(2,3)16-9-11-19(32-37(33,34)22-14-17(35-7)10-12-21(22)36-8)20(13-16)28-30-24-18(15-27)23(29-31-24)26(4,5)6;/h9-14H,1-8H3;/q-2;+2. The van der Waals surface area contributed by atoms with Crippen LogP contribution in [0.2, 0.25) is 0 Å². The first-order chi connectivity index (χ1) is 17.2. The van der Waals surface area contributed by atoms with E-state index < -0.39 is 15.4 Å². The van der Waals surface area contributed by atoms with E-state index >= 15 is 0 Å². The van der Waals surface area contributed by atoms with Gasteiger partial charge in [0, 0.05) is 17.2 Å². The van der Waals surface area contributed by atoms with Crippen molar-refractivity contribution in [2.24, 2.45) is 10.2 Å². The Morgan fingerprint density at radius 1 is 0.974 bits per heavy atom. The molecule has 0 N–H and O–H groups in total. The number of ether oxygens (including phenoxy) is 2. The van der Waals surface area contributed by atoms with E-state index in [2.05, 4.69) is 31.2 Å². The van der Waals surface area contributed by atoms with Gasteiger partial charge in [-0.1, -0.05) is 53.7 Å². The maximum absolute atomic E-state index is 13.3. The van der Waals surface area contributed by atoms with Crippen molar-refractivity contribution in [2.75, 3.05) is 14.2 Å². The summed E-state index contributed by atoms with van der Waals surface area (Å²) < 4.78 is 41.1. The number of nitriles is 1. The Bertz CT molecular complexity index is 1480. The maximum Gasteiger partial charge on any atom is 2.00 e. The number of hydrogen-bond donors (Lipinski definition) is 0. The molecular weight excluding hydrogens is 556 g/mol. The number of rotatable bonds is 7. The second-order valence-corrected chi connectivity index (χ2v) is 11.9. The van der Waals surface area contributed by atoms with Crippen LogP contribution in [0, 0.1) is 11.3 Å². The molecule has 1 heterocycles. The normalized spacial score (nSPS) is 12.1. The van der Waals surface area contributed by atoms with Crippen molar-refractivity contribution in [3.8, 4) is 17.6 Å². The van der Waals surface area contributed by atoms with Gasteiger partial charge in [-0.05, 0) is 35.0 Å². The molecule has 0 spiro atoms. The minimum absolute atomic E-state index is 0. The molecule has 0 fully saturated rings. The predicted octanol–water partition coefficient (Wildman–Crippen LogP) is 6.33. The fraction of sp³-hybridized carbons (Fsp3) is 0.385. The molecule has 12 heteroatoms. The molecule has 0 amide bonds. The first kappa shape index (κ1) is 30.8. The minimum atomic E-state index is -4.23. The van der Waals surface area contributed by atoms with Gasteiger partial charge in [-0.3, -0.25) is 10.2 Å². The third-order valence-electron chi connectivity index (χ3n) is 5.49. The minimum Gasteiger partial charge on any atom is -0.571 e. The van der Waals surface area contributed by atoms with Crippen molar-refractivity contribution < 1.29 is 35.0 Å². The monoisotopic (exact) mass is 585 g/mol. The summed E-state index contributed by atoms with van der Waals surface area (Å²) in [6, 6.07) is 11.6. The zero-order chi connectivity index (χ0) is 27.6. The molecule has 3 rings (SSSR count). The molecular formula is C26H30CuN6O4S. The quantitative estimate of drug-likeness (QED) is 0.233. The Kier molecular flexibility index (Phi) is 9.38. The van der Waals surface area contributed by atoms with Crippen LogP contribution in [0.1, 0.15) is 58.4 Å². The van der Waals surface area contributed by atoms with Gasteiger partial charge in [0.25, 0.3) is 0 Å². The van der Waals surface area contributed by atoms with Crippen molar-refractivity contribution in [2.45, 2.75) is 57.3 Å². The maximum atomic E-state index is 13.3.